The van der Waals surface area contributed by atoms with Gasteiger partial charge in [0.1, 0.15) is 5.75 Å². The maximum absolute atomic E-state index is 12.7. The number of rotatable bonds is 4. The van der Waals surface area contributed by atoms with Crippen LogP contribution in [0.1, 0.15) is 10.4 Å². The first kappa shape index (κ1) is 18.2. The summed E-state index contributed by atoms with van der Waals surface area (Å²) in [7, 11) is 3.52. The summed E-state index contributed by atoms with van der Waals surface area (Å²) >= 11 is 1.74. The van der Waals surface area contributed by atoms with Crippen molar-refractivity contribution in [2.24, 2.45) is 7.05 Å². The molecule has 142 valence electrons. The van der Waals surface area contributed by atoms with Crippen molar-refractivity contribution < 1.29 is 4.74 Å². The number of aromatic nitrogens is 1. The average molecular weight is 384 g/mol. The molecule has 1 fully saturated rings. The van der Waals surface area contributed by atoms with Crippen molar-refractivity contribution in [2.45, 2.75) is 13.5 Å². The zero-order valence-corrected chi connectivity index (χ0v) is 16.9. The van der Waals surface area contributed by atoms with Crippen LogP contribution in [-0.4, -0.2) is 42.8 Å². The minimum atomic E-state index is 0.0668. The largest absolute Gasteiger partial charge is 0.496 e. The fraction of sp³-hybridized carbons (Fsp3) is 0.381. The van der Waals surface area contributed by atoms with Crippen LogP contribution in [-0.2, 0) is 13.6 Å². The molecule has 0 atom stereocenters. The van der Waals surface area contributed by atoms with E-state index in [1.165, 1.54) is 4.88 Å². The van der Waals surface area contributed by atoms with Crippen molar-refractivity contribution in [3.05, 3.63) is 51.3 Å². The molecule has 2 aromatic heterocycles. The van der Waals surface area contributed by atoms with E-state index in [4.69, 9.17) is 4.74 Å². The highest BCUT2D eigenvalue weighted by molar-refractivity contribution is 7.19. The minimum absolute atomic E-state index is 0.0668. The third-order valence-corrected chi connectivity index (χ3v) is 6.44. The molecule has 3 heterocycles. The summed E-state index contributed by atoms with van der Waals surface area (Å²) in [5, 5.41) is 4.20. The van der Waals surface area contributed by atoms with E-state index in [0.717, 1.165) is 65.2 Å². The Bertz CT molecular complexity index is 1030. The molecule has 0 amide bonds. The van der Waals surface area contributed by atoms with E-state index < -0.39 is 0 Å². The Hall–Kier alpha value is -2.15. The monoisotopic (exact) mass is 383 g/mol. The Morgan fingerprint density at radius 2 is 2.00 bits per heavy atom. The second kappa shape index (κ2) is 7.46. The molecule has 0 saturated carbocycles. The smallest absolute Gasteiger partial charge is 0.259 e. The second-order valence-corrected chi connectivity index (χ2v) is 8.21. The molecule has 1 aliphatic heterocycles. The van der Waals surface area contributed by atoms with Crippen molar-refractivity contribution >= 4 is 21.4 Å². The van der Waals surface area contributed by atoms with Crippen LogP contribution >= 0.6 is 11.3 Å². The van der Waals surface area contributed by atoms with Gasteiger partial charge < -0.3 is 14.6 Å². The standard InChI is InChI=1S/C21H25N3O2S/c1-14-16(5-4-6-19(14)26-3)18-13-23(2)21(25)17-11-15(27-20(17)18)12-24-9-7-22-8-10-24/h4-6,11,13,22H,7-10,12H2,1-3H3. The zero-order valence-electron chi connectivity index (χ0n) is 16.0. The number of pyridine rings is 1. The van der Waals surface area contributed by atoms with Crippen LogP contribution < -0.4 is 15.6 Å². The summed E-state index contributed by atoms with van der Waals surface area (Å²) < 4.78 is 8.26. The zero-order chi connectivity index (χ0) is 19.0. The van der Waals surface area contributed by atoms with Crippen LogP contribution in [0.25, 0.3) is 21.2 Å². The number of nitrogens with zero attached hydrogens (tertiary/aromatic N) is 2. The van der Waals surface area contributed by atoms with Crippen LogP contribution in [0, 0.1) is 6.92 Å². The predicted octanol–water partition coefficient (Wildman–Crippen LogP) is 2.99. The van der Waals surface area contributed by atoms with E-state index in [-0.39, 0.29) is 5.56 Å². The van der Waals surface area contributed by atoms with Gasteiger partial charge in [-0.1, -0.05) is 12.1 Å². The van der Waals surface area contributed by atoms with Gasteiger partial charge in [0.05, 0.1) is 12.5 Å². The Balaban J connectivity index is 1.84. The van der Waals surface area contributed by atoms with E-state index in [9.17, 15) is 4.79 Å². The van der Waals surface area contributed by atoms with Gasteiger partial charge in [0, 0.05) is 61.1 Å². The fourth-order valence-electron chi connectivity index (χ4n) is 3.79. The molecule has 0 aliphatic carbocycles. The van der Waals surface area contributed by atoms with Gasteiger partial charge in [0.2, 0.25) is 0 Å². The third kappa shape index (κ3) is 3.40. The maximum Gasteiger partial charge on any atom is 0.259 e. The van der Waals surface area contributed by atoms with Gasteiger partial charge in [-0.2, -0.15) is 0 Å². The fourth-order valence-corrected chi connectivity index (χ4v) is 5.00. The molecule has 1 saturated heterocycles. The first-order chi connectivity index (χ1) is 13.1. The third-order valence-electron chi connectivity index (χ3n) is 5.28. The van der Waals surface area contributed by atoms with Gasteiger partial charge in [0.25, 0.3) is 5.56 Å². The molecule has 5 nitrogen and oxygen atoms in total. The van der Waals surface area contributed by atoms with Gasteiger partial charge in [0.15, 0.2) is 0 Å². The number of aryl methyl sites for hydroxylation is 1. The van der Waals surface area contributed by atoms with Gasteiger partial charge in [-0.25, -0.2) is 0 Å². The quantitative estimate of drug-likeness (QED) is 0.752. The van der Waals surface area contributed by atoms with Crippen LogP contribution in [0.5, 0.6) is 5.75 Å². The number of fused-ring (bicyclic) bond motifs is 1. The van der Waals surface area contributed by atoms with Gasteiger partial charge in [-0.3, -0.25) is 9.69 Å². The number of hydrogen-bond acceptors (Lipinski definition) is 5. The molecule has 1 aliphatic rings. The number of benzene rings is 1. The van der Waals surface area contributed by atoms with Crippen molar-refractivity contribution in [1.82, 2.24) is 14.8 Å². The molecule has 1 aromatic carbocycles. The molecule has 6 heteroatoms. The number of nitrogens with one attached hydrogen (secondary N) is 1. The van der Waals surface area contributed by atoms with Crippen molar-refractivity contribution in [3.63, 3.8) is 0 Å². The van der Waals surface area contributed by atoms with E-state index in [0.29, 0.717) is 0 Å². The van der Waals surface area contributed by atoms with E-state index in [1.54, 1.807) is 23.0 Å². The Morgan fingerprint density at radius 3 is 2.74 bits per heavy atom. The molecule has 0 radical (unpaired) electrons. The lowest BCUT2D eigenvalue weighted by Gasteiger charge is -2.26. The summed E-state index contributed by atoms with van der Waals surface area (Å²) in [6, 6.07) is 8.17. The number of methoxy groups -OCH3 is 1. The molecule has 4 rings (SSSR count). The molecular formula is C21H25N3O2S. The minimum Gasteiger partial charge on any atom is -0.496 e. The number of ether oxygens (including phenoxy) is 1. The van der Waals surface area contributed by atoms with Crippen molar-refractivity contribution in [3.8, 4) is 16.9 Å². The van der Waals surface area contributed by atoms with Gasteiger partial charge >= 0.3 is 0 Å². The van der Waals surface area contributed by atoms with E-state index >= 15 is 0 Å². The molecule has 27 heavy (non-hydrogen) atoms. The molecule has 3 aromatic rings. The first-order valence-corrected chi connectivity index (χ1v) is 10.1. The topological polar surface area (TPSA) is 46.5 Å². The van der Waals surface area contributed by atoms with E-state index in [1.807, 2.05) is 25.4 Å². The van der Waals surface area contributed by atoms with Crippen molar-refractivity contribution in [1.29, 1.82) is 0 Å². The van der Waals surface area contributed by atoms with Crippen molar-refractivity contribution in [2.75, 3.05) is 33.3 Å². The summed E-state index contributed by atoms with van der Waals surface area (Å²) in [5.41, 5.74) is 3.37. The van der Waals surface area contributed by atoms with Crippen LogP contribution in [0.2, 0.25) is 0 Å². The molecule has 0 bridgehead atoms. The lowest BCUT2D eigenvalue weighted by Crippen LogP contribution is -2.42. The molecular weight excluding hydrogens is 358 g/mol. The summed E-state index contributed by atoms with van der Waals surface area (Å²) in [6.07, 6.45) is 1.96. The SMILES string of the molecule is COc1cccc(-c2cn(C)c(=O)c3cc(CN4CCNCC4)sc23)c1C. The molecule has 0 unspecified atom stereocenters. The summed E-state index contributed by atoms with van der Waals surface area (Å²) in [5.74, 6) is 0.868. The number of hydrogen-bond donors (Lipinski definition) is 1. The van der Waals surface area contributed by atoms with Crippen LogP contribution in [0.15, 0.2) is 35.3 Å². The molecule has 0 spiro atoms. The highest BCUT2D eigenvalue weighted by atomic mass is 32.1. The lowest BCUT2D eigenvalue weighted by atomic mass is 10.0. The predicted molar refractivity (Wildman–Crippen MR) is 112 cm³/mol. The Kier molecular flexibility index (Phi) is 5.04. The highest BCUT2D eigenvalue weighted by Gasteiger charge is 2.18. The molecule has 1 N–H and O–H groups in total. The van der Waals surface area contributed by atoms with Crippen LogP contribution in [0.4, 0.5) is 0 Å². The van der Waals surface area contributed by atoms with Crippen LogP contribution in [0.3, 0.4) is 0 Å². The van der Waals surface area contributed by atoms with E-state index in [2.05, 4.69) is 29.3 Å². The highest BCUT2D eigenvalue weighted by Crippen LogP contribution is 2.37. The summed E-state index contributed by atoms with van der Waals surface area (Å²) in [4.78, 5) is 16.4. The maximum atomic E-state index is 12.7. The Morgan fingerprint density at radius 1 is 1.22 bits per heavy atom. The lowest BCUT2D eigenvalue weighted by molar-refractivity contribution is 0.235. The summed E-state index contributed by atoms with van der Waals surface area (Å²) in [6.45, 7) is 7.13. The first-order valence-electron chi connectivity index (χ1n) is 9.27. The second-order valence-electron chi connectivity index (χ2n) is 7.07. The normalized spacial score (nSPS) is 15.4. The van der Waals surface area contributed by atoms with Gasteiger partial charge in [-0.15, -0.1) is 11.3 Å². The number of thiophene rings is 1. The number of piperazine rings is 1. The van der Waals surface area contributed by atoms with Gasteiger partial charge in [-0.05, 0) is 30.2 Å². The average Bonchev–Trinajstić information content (AvgIpc) is 3.10. The Labute approximate surface area is 163 Å².